The Morgan fingerprint density at radius 2 is 2.00 bits per heavy atom. The first-order valence-electron chi connectivity index (χ1n) is 6.14. The van der Waals surface area contributed by atoms with E-state index < -0.39 is 0 Å². The topological polar surface area (TPSA) is 29.9 Å². The standard InChI is InChI=1S/C14H19N3S/c1-4-18-12-7-5-11(6-8-12)14(15-2)13-9-10-17(3)16-13/h5-10,14-15H,4H2,1-3H3. The number of benzene rings is 1. The van der Waals surface area contributed by atoms with Gasteiger partial charge in [0.05, 0.1) is 11.7 Å². The minimum Gasteiger partial charge on any atom is -0.308 e. The van der Waals surface area contributed by atoms with Crippen molar-refractivity contribution in [2.45, 2.75) is 17.9 Å². The lowest BCUT2D eigenvalue weighted by Crippen LogP contribution is -2.18. The molecular formula is C14H19N3S. The first kappa shape index (κ1) is 13.2. The number of hydrogen-bond donors (Lipinski definition) is 1. The molecule has 1 atom stereocenters. The van der Waals surface area contributed by atoms with Crippen molar-refractivity contribution in [2.24, 2.45) is 7.05 Å². The van der Waals surface area contributed by atoms with Gasteiger partial charge in [-0.2, -0.15) is 5.10 Å². The summed E-state index contributed by atoms with van der Waals surface area (Å²) < 4.78 is 1.83. The van der Waals surface area contributed by atoms with Crippen molar-refractivity contribution in [1.82, 2.24) is 15.1 Å². The fourth-order valence-electron chi connectivity index (χ4n) is 2.00. The first-order valence-corrected chi connectivity index (χ1v) is 7.12. The second kappa shape index (κ2) is 6.07. The molecule has 0 saturated carbocycles. The van der Waals surface area contributed by atoms with Gasteiger partial charge in [0.25, 0.3) is 0 Å². The number of aromatic nitrogens is 2. The molecule has 1 N–H and O–H groups in total. The van der Waals surface area contributed by atoms with Crippen LogP contribution < -0.4 is 5.32 Å². The van der Waals surface area contributed by atoms with Crippen molar-refractivity contribution in [1.29, 1.82) is 0 Å². The van der Waals surface area contributed by atoms with Crippen LogP contribution in [0.1, 0.15) is 24.2 Å². The Morgan fingerprint density at radius 3 is 2.50 bits per heavy atom. The normalized spacial score (nSPS) is 12.6. The van der Waals surface area contributed by atoms with Crippen LogP contribution in [0.5, 0.6) is 0 Å². The van der Waals surface area contributed by atoms with Gasteiger partial charge in [0.15, 0.2) is 0 Å². The van der Waals surface area contributed by atoms with Crippen molar-refractivity contribution < 1.29 is 0 Å². The van der Waals surface area contributed by atoms with E-state index in [0.29, 0.717) is 0 Å². The second-order valence-corrected chi connectivity index (χ2v) is 5.48. The molecule has 3 nitrogen and oxygen atoms in total. The van der Waals surface area contributed by atoms with Gasteiger partial charge in [-0.15, -0.1) is 11.8 Å². The molecule has 0 aliphatic heterocycles. The van der Waals surface area contributed by atoms with Gasteiger partial charge in [-0.1, -0.05) is 19.1 Å². The van der Waals surface area contributed by atoms with Crippen molar-refractivity contribution in [3.63, 3.8) is 0 Å². The molecule has 0 aliphatic carbocycles. The summed E-state index contributed by atoms with van der Waals surface area (Å²) in [5.41, 5.74) is 2.30. The summed E-state index contributed by atoms with van der Waals surface area (Å²) in [5, 5.41) is 7.78. The number of hydrogen-bond acceptors (Lipinski definition) is 3. The highest BCUT2D eigenvalue weighted by Gasteiger charge is 2.14. The zero-order valence-corrected chi connectivity index (χ0v) is 11.9. The molecule has 4 heteroatoms. The number of aryl methyl sites for hydroxylation is 1. The third-order valence-corrected chi connectivity index (χ3v) is 3.74. The van der Waals surface area contributed by atoms with Gasteiger partial charge in [-0.25, -0.2) is 0 Å². The van der Waals surface area contributed by atoms with Crippen molar-refractivity contribution in [2.75, 3.05) is 12.8 Å². The summed E-state index contributed by atoms with van der Waals surface area (Å²) in [6.45, 7) is 2.17. The third kappa shape index (κ3) is 2.94. The molecule has 0 aliphatic rings. The zero-order chi connectivity index (χ0) is 13.0. The molecule has 18 heavy (non-hydrogen) atoms. The van der Waals surface area contributed by atoms with Crippen molar-refractivity contribution in [3.05, 3.63) is 47.8 Å². The van der Waals surface area contributed by atoms with E-state index in [2.05, 4.69) is 47.7 Å². The van der Waals surface area contributed by atoms with E-state index in [9.17, 15) is 0 Å². The molecular weight excluding hydrogens is 242 g/mol. The molecule has 0 fully saturated rings. The summed E-state index contributed by atoms with van der Waals surface area (Å²) in [7, 11) is 3.91. The summed E-state index contributed by atoms with van der Waals surface area (Å²) in [6.07, 6.45) is 1.97. The lowest BCUT2D eigenvalue weighted by molar-refractivity contribution is 0.641. The predicted molar refractivity (Wildman–Crippen MR) is 77.0 cm³/mol. The van der Waals surface area contributed by atoms with Crippen LogP contribution in [0.3, 0.4) is 0 Å². The molecule has 2 rings (SSSR count). The average molecular weight is 261 g/mol. The SMILES string of the molecule is CCSc1ccc(C(NC)c2ccn(C)n2)cc1. The molecule has 2 aromatic rings. The van der Waals surface area contributed by atoms with E-state index in [4.69, 9.17) is 0 Å². The molecule has 1 aromatic carbocycles. The maximum Gasteiger partial charge on any atom is 0.0839 e. The lowest BCUT2D eigenvalue weighted by Gasteiger charge is -2.14. The van der Waals surface area contributed by atoms with Gasteiger partial charge in [0.2, 0.25) is 0 Å². The Bertz CT molecular complexity index is 490. The highest BCUT2D eigenvalue weighted by atomic mass is 32.2. The zero-order valence-electron chi connectivity index (χ0n) is 11.1. The maximum absolute atomic E-state index is 4.47. The summed E-state index contributed by atoms with van der Waals surface area (Å²) in [5.74, 6) is 1.11. The quantitative estimate of drug-likeness (QED) is 0.839. The summed E-state index contributed by atoms with van der Waals surface area (Å²) in [4.78, 5) is 1.32. The van der Waals surface area contributed by atoms with Gasteiger partial charge < -0.3 is 5.32 Å². The van der Waals surface area contributed by atoms with Gasteiger partial charge in [-0.3, -0.25) is 4.68 Å². The van der Waals surface area contributed by atoms with Gasteiger partial charge >= 0.3 is 0 Å². The molecule has 1 unspecified atom stereocenters. The molecule has 0 bridgehead atoms. The Labute approximate surface area is 113 Å². The van der Waals surface area contributed by atoms with E-state index in [0.717, 1.165) is 11.4 Å². The predicted octanol–water partition coefficient (Wildman–Crippen LogP) is 2.84. The summed E-state index contributed by atoms with van der Waals surface area (Å²) >= 11 is 1.86. The average Bonchev–Trinajstić information content (AvgIpc) is 2.79. The molecule has 0 spiro atoms. The van der Waals surface area contributed by atoms with E-state index >= 15 is 0 Å². The first-order chi connectivity index (χ1) is 8.74. The maximum atomic E-state index is 4.47. The van der Waals surface area contributed by atoms with Crippen LogP contribution >= 0.6 is 11.8 Å². The lowest BCUT2D eigenvalue weighted by atomic mass is 10.0. The van der Waals surface area contributed by atoms with Crippen LogP contribution in [0.2, 0.25) is 0 Å². The van der Waals surface area contributed by atoms with E-state index in [1.807, 2.05) is 36.7 Å². The van der Waals surface area contributed by atoms with Crippen LogP contribution in [0, 0.1) is 0 Å². The minimum atomic E-state index is 0.159. The van der Waals surface area contributed by atoms with E-state index in [1.54, 1.807) is 0 Å². The molecule has 0 radical (unpaired) electrons. The summed E-state index contributed by atoms with van der Waals surface area (Å²) in [6, 6.07) is 10.9. The Hall–Kier alpha value is -1.26. The minimum absolute atomic E-state index is 0.159. The fraction of sp³-hybridized carbons (Fsp3) is 0.357. The van der Waals surface area contributed by atoms with E-state index in [-0.39, 0.29) is 6.04 Å². The third-order valence-electron chi connectivity index (χ3n) is 2.84. The van der Waals surface area contributed by atoms with Gasteiger partial charge in [0, 0.05) is 18.1 Å². The highest BCUT2D eigenvalue weighted by molar-refractivity contribution is 7.99. The fourth-order valence-corrected chi connectivity index (χ4v) is 2.66. The van der Waals surface area contributed by atoms with Crippen LogP contribution in [0.4, 0.5) is 0 Å². The van der Waals surface area contributed by atoms with Crippen LogP contribution in [0.15, 0.2) is 41.4 Å². The molecule has 0 saturated heterocycles. The van der Waals surface area contributed by atoms with Gasteiger partial charge in [-0.05, 0) is 36.6 Å². The molecule has 1 aromatic heterocycles. The van der Waals surface area contributed by atoms with E-state index in [1.165, 1.54) is 10.5 Å². The monoisotopic (exact) mass is 261 g/mol. The number of thioether (sulfide) groups is 1. The number of nitrogens with one attached hydrogen (secondary N) is 1. The largest absolute Gasteiger partial charge is 0.308 e. The smallest absolute Gasteiger partial charge is 0.0839 e. The van der Waals surface area contributed by atoms with Crippen molar-refractivity contribution >= 4 is 11.8 Å². The van der Waals surface area contributed by atoms with Crippen molar-refractivity contribution in [3.8, 4) is 0 Å². The Morgan fingerprint density at radius 1 is 1.28 bits per heavy atom. The Kier molecular flexibility index (Phi) is 4.44. The molecule has 0 amide bonds. The van der Waals surface area contributed by atoms with Crippen LogP contribution in [-0.4, -0.2) is 22.6 Å². The Balaban J connectivity index is 2.22. The molecule has 96 valence electrons. The second-order valence-electron chi connectivity index (χ2n) is 4.14. The van der Waals surface area contributed by atoms with Crippen LogP contribution in [0.25, 0.3) is 0 Å². The number of rotatable bonds is 5. The van der Waals surface area contributed by atoms with Crippen LogP contribution in [-0.2, 0) is 7.05 Å². The molecule has 1 heterocycles. The highest BCUT2D eigenvalue weighted by Crippen LogP contribution is 2.23. The number of nitrogens with zero attached hydrogens (tertiary/aromatic N) is 2. The van der Waals surface area contributed by atoms with Gasteiger partial charge in [0.1, 0.15) is 0 Å².